The van der Waals surface area contributed by atoms with Crippen molar-refractivity contribution < 1.29 is 4.74 Å². The number of ether oxygens (including phenoxy) is 1. The zero-order chi connectivity index (χ0) is 19.8. The maximum Gasteiger partial charge on any atom is 0.272 e. The SMILES string of the molecule is Cc1cc(C)cc(OCCN(C)Cc2nnc3n(C)c(=O)c4sccc4n23)c1. The number of likely N-dealkylation sites (N-methyl/N-ethyl adjacent to an activating group) is 1. The topological polar surface area (TPSA) is 64.7 Å². The summed E-state index contributed by atoms with van der Waals surface area (Å²) < 4.78 is 10.1. The molecule has 0 atom stereocenters. The molecule has 0 amide bonds. The number of benzene rings is 1. The number of hydrogen-bond acceptors (Lipinski definition) is 6. The minimum atomic E-state index is -0.0355. The molecule has 0 aliphatic rings. The summed E-state index contributed by atoms with van der Waals surface area (Å²) in [6.45, 7) is 6.09. The van der Waals surface area contributed by atoms with Crippen LogP contribution in [0.5, 0.6) is 5.75 Å². The molecule has 28 heavy (non-hydrogen) atoms. The predicted molar refractivity (Wildman–Crippen MR) is 111 cm³/mol. The van der Waals surface area contributed by atoms with Gasteiger partial charge in [0.1, 0.15) is 17.1 Å². The second-order valence-electron chi connectivity index (χ2n) is 7.16. The van der Waals surface area contributed by atoms with E-state index in [4.69, 9.17) is 4.74 Å². The van der Waals surface area contributed by atoms with Crippen LogP contribution < -0.4 is 10.3 Å². The Kier molecular flexibility index (Phi) is 4.91. The summed E-state index contributed by atoms with van der Waals surface area (Å²) in [5.74, 6) is 2.27. The molecule has 1 aromatic carbocycles. The molecular formula is C20H23N5O2S. The molecule has 0 bridgehead atoms. The minimum Gasteiger partial charge on any atom is -0.492 e. The van der Waals surface area contributed by atoms with Crippen LogP contribution in [0.3, 0.4) is 0 Å². The Balaban J connectivity index is 1.50. The van der Waals surface area contributed by atoms with Crippen LogP contribution in [-0.4, -0.2) is 44.3 Å². The molecule has 0 aliphatic heterocycles. The maximum absolute atomic E-state index is 12.4. The van der Waals surface area contributed by atoms with Gasteiger partial charge in [-0.15, -0.1) is 21.5 Å². The first-order chi connectivity index (χ1) is 13.4. The first-order valence-corrected chi connectivity index (χ1v) is 10.0. The van der Waals surface area contributed by atoms with Crippen molar-refractivity contribution in [3.63, 3.8) is 0 Å². The molecule has 3 aromatic heterocycles. The Morgan fingerprint density at radius 2 is 1.93 bits per heavy atom. The molecule has 0 N–H and O–H groups in total. The van der Waals surface area contributed by atoms with Gasteiger partial charge in [0.15, 0.2) is 5.82 Å². The summed E-state index contributed by atoms with van der Waals surface area (Å²) in [5.41, 5.74) is 3.22. The van der Waals surface area contributed by atoms with Crippen LogP contribution in [0, 0.1) is 13.8 Å². The molecule has 4 aromatic rings. The molecule has 0 fully saturated rings. The summed E-state index contributed by atoms with van der Waals surface area (Å²) in [6, 6.07) is 8.18. The summed E-state index contributed by atoms with van der Waals surface area (Å²) >= 11 is 1.44. The van der Waals surface area contributed by atoms with Crippen LogP contribution >= 0.6 is 11.3 Å². The van der Waals surface area contributed by atoms with Crippen LogP contribution in [-0.2, 0) is 13.6 Å². The van der Waals surface area contributed by atoms with E-state index in [2.05, 4.69) is 35.0 Å². The lowest BCUT2D eigenvalue weighted by atomic mass is 10.1. The monoisotopic (exact) mass is 397 g/mol. The smallest absolute Gasteiger partial charge is 0.272 e. The van der Waals surface area contributed by atoms with Gasteiger partial charge in [-0.2, -0.15) is 0 Å². The summed E-state index contributed by atoms with van der Waals surface area (Å²) in [7, 11) is 3.76. The highest BCUT2D eigenvalue weighted by molar-refractivity contribution is 7.17. The van der Waals surface area contributed by atoms with Gasteiger partial charge >= 0.3 is 0 Å². The third kappa shape index (κ3) is 3.41. The predicted octanol–water partition coefficient (Wildman–Crippen LogP) is 2.77. The zero-order valence-electron chi connectivity index (χ0n) is 16.5. The fourth-order valence-corrected chi connectivity index (χ4v) is 4.26. The number of nitrogens with zero attached hydrogens (tertiary/aromatic N) is 5. The van der Waals surface area contributed by atoms with Crippen molar-refractivity contribution >= 4 is 27.3 Å². The van der Waals surface area contributed by atoms with Crippen LogP contribution in [0.15, 0.2) is 34.4 Å². The quantitative estimate of drug-likeness (QED) is 0.501. The molecule has 0 radical (unpaired) electrons. The Morgan fingerprint density at radius 3 is 2.68 bits per heavy atom. The highest BCUT2D eigenvalue weighted by atomic mass is 32.1. The first-order valence-electron chi connectivity index (χ1n) is 9.14. The lowest BCUT2D eigenvalue weighted by Crippen LogP contribution is -2.25. The second kappa shape index (κ2) is 7.37. The normalized spacial score (nSPS) is 11.8. The van der Waals surface area contributed by atoms with Crippen molar-refractivity contribution in [3.8, 4) is 5.75 Å². The summed E-state index contributed by atoms with van der Waals surface area (Å²) in [6.07, 6.45) is 0. The third-order valence-corrected chi connectivity index (χ3v) is 5.64. The fourth-order valence-electron chi connectivity index (χ4n) is 3.41. The third-order valence-electron chi connectivity index (χ3n) is 4.75. The van der Waals surface area contributed by atoms with E-state index in [-0.39, 0.29) is 5.56 Å². The van der Waals surface area contributed by atoms with Crippen LogP contribution in [0.1, 0.15) is 17.0 Å². The van der Waals surface area contributed by atoms with E-state index in [1.807, 2.05) is 35.0 Å². The average Bonchev–Trinajstić information content (AvgIpc) is 3.26. The number of thiophene rings is 1. The highest BCUT2D eigenvalue weighted by Crippen LogP contribution is 2.20. The molecule has 146 valence electrons. The Morgan fingerprint density at radius 1 is 1.18 bits per heavy atom. The van der Waals surface area contributed by atoms with E-state index in [9.17, 15) is 4.79 Å². The Bertz CT molecular complexity index is 1190. The summed E-state index contributed by atoms with van der Waals surface area (Å²) in [5, 5.41) is 10.5. The van der Waals surface area contributed by atoms with Gasteiger partial charge in [0, 0.05) is 13.6 Å². The van der Waals surface area contributed by atoms with Gasteiger partial charge in [-0.25, -0.2) is 0 Å². The van der Waals surface area contributed by atoms with Gasteiger partial charge in [-0.3, -0.25) is 18.7 Å². The maximum atomic E-state index is 12.4. The lowest BCUT2D eigenvalue weighted by Gasteiger charge is -2.16. The largest absolute Gasteiger partial charge is 0.492 e. The van der Waals surface area contributed by atoms with Crippen molar-refractivity contribution in [1.82, 2.24) is 24.1 Å². The number of fused-ring (bicyclic) bond motifs is 3. The molecule has 8 heteroatoms. The number of hydrogen-bond donors (Lipinski definition) is 0. The molecular weight excluding hydrogens is 374 g/mol. The number of aromatic nitrogens is 4. The lowest BCUT2D eigenvalue weighted by molar-refractivity contribution is 0.229. The van der Waals surface area contributed by atoms with Gasteiger partial charge < -0.3 is 4.74 Å². The molecule has 4 rings (SSSR count). The van der Waals surface area contributed by atoms with E-state index in [0.29, 0.717) is 18.9 Å². The molecule has 0 spiro atoms. The van der Waals surface area contributed by atoms with Crippen LogP contribution in [0.25, 0.3) is 16.0 Å². The minimum absolute atomic E-state index is 0.0355. The van der Waals surface area contributed by atoms with E-state index >= 15 is 0 Å². The Hall–Kier alpha value is -2.71. The molecule has 7 nitrogen and oxygen atoms in total. The van der Waals surface area contributed by atoms with Gasteiger partial charge in [0.05, 0.1) is 12.1 Å². The first kappa shape index (κ1) is 18.6. The summed E-state index contributed by atoms with van der Waals surface area (Å²) in [4.78, 5) is 14.6. The van der Waals surface area contributed by atoms with E-state index in [0.717, 1.165) is 28.3 Å². The fraction of sp³-hybridized carbons (Fsp3) is 0.350. The molecule has 0 saturated heterocycles. The molecule has 0 aliphatic carbocycles. The van der Waals surface area contributed by atoms with Crippen molar-refractivity contribution in [2.45, 2.75) is 20.4 Å². The van der Waals surface area contributed by atoms with Crippen LogP contribution in [0.4, 0.5) is 0 Å². The Labute approximate surface area is 166 Å². The number of aryl methyl sites for hydroxylation is 3. The van der Waals surface area contributed by atoms with Crippen molar-refractivity contribution in [2.24, 2.45) is 7.05 Å². The van der Waals surface area contributed by atoms with E-state index in [1.54, 1.807) is 11.6 Å². The van der Waals surface area contributed by atoms with Crippen molar-refractivity contribution in [3.05, 3.63) is 57.0 Å². The van der Waals surface area contributed by atoms with Gasteiger partial charge in [-0.1, -0.05) is 6.07 Å². The van der Waals surface area contributed by atoms with Gasteiger partial charge in [0.25, 0.3) is 5.56 Å². The zero-order valence-corrected chi connectivity index (χ0v) is 17.3. The van der Waals surface area contributed by atoms with Gasteiger partial charge in [0.2, 0.25) is 5.78 Å². The van der Waals surface area contributed by atoms with E-state index < -0.39 is 0 Å². The standard InChI is InChI=1S/C20H23N5O2S/c1-13-9-14(2)11-15(10-13)27-7-6-23(3)12-17-21-22-20-24(4)19(26)18-16(25(17)20)5-8-28-18/h5,8-11H,6-7,12H2,1-4H3. The van der Waals surface area contributed by atoms with Gasteiger partial charge in [-0.05, 0) is 55.6 Å². The van der Waals surface area contributed by atoms with E-state index in [1.165, 1.54) is 22.5 Å². The van der Waals surface area contributed by atoms with Crippen molar-refractivity contribution in [1.29, 1.82) is 0 Å². The van der Waals surface area contributed by atoms with Crippen LogP contribution in [0.2, 0.25) is 0 Å². The molecule has 0 saturated carbocycles. The average molecular weight is 398 g/mol. The molecule has 3 heterocycles. The van der Waals surface area contributed by atoms with Crippen molar-refractivity contribution in [2.75, 3.05) is 20.2 Å². The molecule has 0 unspecified atom stereocenters. The second-order valence-corrected chi connectivity index (χ2v) is 8.08. The highest BCUT2D eigenvalue weighted by Gasteiger charge is 2.16. The number of rotatable bonds is 6.